The van der Waals surface area contributed by atoms with E-state index in [1.165, 1.54) is 5.56 Å². The fraction of sp³-hybridized carbons (Fsp3) is 0.467. The molecule has 0 fully saturated rings. The molecule has 1 N–H and O–H groups in total. The van der Waals surface area contributed by atoms with Crippen molar-refractivity contribution in [3.63, 3.8) is 0 Å². The lowest BCUT2D eigenvalue weighted by atomic mass is 10.2. The van der Waals surface area contributed by atoms with E-state index in [-0.39, 0.29) is 6.10 Å². The molecule has 0 amide bonds. The van der Waals surface area contributed by atoms with Crippen molar-refractivity contribution in [2.24, 2.45) is 0 Å². The molecular weight excluding hydrogens is 226 g/mol. The Morgan fingerprint density at radius 2 is 2.06 bits per heavy atom. The lowest BCUT2D eigenvalue weighted by Crippen LogP contribution is -2.32. The van der Waals surface area contributed by atoms with E-state index >= 15 is 0 Å². The first-order valence-electron chi connectivity index (χ1n) is 6.39. The van der Waals surface area contributed by atoms with Crippen LogP contribution in [0.5, 0.6) is 0 Å². The first-order chi connectivity index (χ1) is 8.86. The Kier molecular flexibility index (Phi) is 8.13. The number of nitrogens with one attached hydrogen (secondary N) is 1. The number of likely N-dealkylation sites (N-methyl/N-ethyl adjacent to an activating group) is 1. The summed E-state index contributed by atoms with van der Waals surface area (Å²) in [4.78, 5) is 0. The minimum Gasteiger partial charge on any atom is -0.382 e. The highest BCUT2D eigenvalue weighted by Crippen LogP contribution is 2.01. The van der Waals surface area contributed by atoms with Gasteiger partial charge in [-0.2, -0.15) is 0 Å². The van der Waals surface area contributed by atoms with Crippen LogP contribution in [0.1, 0.15) is 12.5 Å². The van der Waals surface area contributed by atoms with Gasteiger partial charge in [-0.25, -0.2) is 0 Å². The van der Waals surface area contributed by atoms with Crippen LogP contribution in [-0.2, 0) is 9.47 Å². The Morgan fingerprint density at radius 3 is 2.72 bits per heavy atom. The summed E-state index contributed by atoms with van der Waals surface area (Å²) in [6, 6.07) is 10.2. The van der Waals surface area contributed by atoms with E-state index in [9.17, 15) is 0 Å². The van der Waals surface area contributed by atoms with Gasteiger partial charge in [-0.3, -0.25) is 0 Å². The van der Waals surface area contributed by atoms with E-state index in [4.69, 9.17) is 9.47 Å². The molecule has 1 atom stereocenters. The first kappa shape index (κ1) is 14.9. The molecule has 0 radical (unpaired) electrons. The molecule has 0 heterocycles. The molecule has 0 aliphatic carbocycles. The van der Waals surface area contributed by atoms with Crippen LogP contribution in [0.15, 0.2) is 36.4 Å². The summed E-state index contributed by atoms with van der Waals surface area (Å²) in [6.45, 7) is 5.08. The van der Waals surface area contributed by atoms with Gasteiger partial charge >= 0.3 is 0 Å². The topological polar surface area (TPSA) is 30.5 Å². The van der Waals surface area contributed by atoms with Crippen LogP contribution >= 0.6 is 0 Å². The van der Waals surface area contributed by atoms with Crippen LogP contribution in [0.4, 0.5) is 0 Å². The average molecular weight is 249 g/mol. The van der Waals surface area contributed by atoms with E-state index in [1.54, 1.807) is 7.11 Å². The van der Waals surface area contributed by atoms with E-state index in [0.717, 1.165) is 13.1 Å². The normalized spacial score (nSPS) is 13.0. The lowest BCUT2D eigenvalue weighted by Gasteiger charge is -2.16. The summed E-state index contributed by atoms with van der Waals surface area (Å²) in [6.07, 6.45) is 4.21. The summed E-state index contributed by atoms with van der Waals surface area (Å²) in [7, 11) is 1.70. The van der Waals surface area contributed by atoms with Gasteiger partial charge in [0.1, 0.15) is 0 Å². The fourth-order valence-corrected chi connectivity index (χ4v) is 1.60. The van der Waals surface area contributed by atoms with E-state index in [2.05, 4.69) is 30.4 Å². The summed E-state index contributed by atoms with van der Waals surface area (Å²) >= 11 is 0. The fourth-order valence-electron chi connectivity index (χ4n) is 1.60. The number of benzene rings is 1. The van der Waals surface area contributed by atoms with Gasteiger partial charge < -0.3 is 14.8 Å². The van der Waals surface area contributed by atoms with Crippen molar-refractivity contribution in [1.82, 2.24) is 5.32 Å². The molecule has 0 saturated heterocycles. The maximum atomic E-state index is 5.73. The number of rotatable bonds is 9. The molecule has 0 aliphatic heterocycles. The largest absolute Gasteiger partial charge is 0.382 e. The van der Waals surface area contributed by atoms with Crippen LogP contribution in [0.2, 0.25) is 0 Å². The summed E-state index contributed by atoms with van der Waals surface area (Å²) in [5.41, 5.74) is 1.19. The van der Waals surface area contributed by atoms with E-state index < -0.39 is 0 Å². The zero-order valence-corrected chi connectivity index (χ0v) is 11.3. The van der Waals surface area contributed by atoms with Gasteiger partial charge in [-0.05, 0) is 12.1 Å². The molecule has 18 heavy (non-hydrogen) atoms. The molecule has 0 aromatic heterocycles. The Balaban J connectivity index is 2.27. The maximum Gasteiger partial charge on any atom is 0.0936 e. The van der Waals surface area contributed by atoms with Crippen LogP contribution in [0, 0.1) is 0 Å². The van der Waals surface area contributed by atoms with Gasteiger partial charge in [0.25, 0.3) is 0 Å². The standard InChI is InChI=1S/C15H23NO2/c1-3-16-12-15(13-17-2)18-11-7-10-14-8-5-4-6-9-14/h4-10,15-16H,3,11-13H2,1-2H3/b10-7+. The zero-order valence-electron chi connectivity index (χ0n) is 11.3. The van der Waals surface area contributed by atoms with Crippen LogP contribution in [-0.4, -0.2) is 39.5 Å². The van der Waals surface area contributed by atoms with Crippen molar-refractivity contribution in [1.29, 1.82) is 0 Å². The summed E-state index contributed by atoms with van der Waals surface area (Å²) in [5.74, 6) is 0. The number of methoxy groups -OCH3 is 1. The van der Waals surface area contributed by atoms with Crippen molar-refractivity contribution in [2.45, 2.75) is 13.0 Å². The van der Waals surface area contributed by atoms with E-state index in [1.807, 2.05) is 24.3 Å². The minimum absolute atomic E-state index is 0.107. The summed E-state index contributed by atoms with van der Waals surface area (Å²) in [5, 5.41) is 3.26. The molecule has 1 rings (SSSR count). The zero-order chi connectivity index (χ0) is 13.1. The van der Waals surface area contributed by atoms with Crippen LogP contribution in [0.25, 0.3) is 6.08 Å². The van der Waals surface area contributed by atoms with Crippen molar-refractivity contribution >= 4 is 6.08 Å². The third kappa shape index (κ3) is 6.55. The molecular formula is C15H23NO2. The minimum atomic E-state index is 0.107. The molecule has 1 aromatic rings. The second kappa shape index (κ2) is 9.83. The average Bonchev–Trinajstić information content (AvgIpc) is 2.42. The molecule has 3 nitrogen and oxygen atoms in total. The van der Waals surface area contributed by atoms with Crippen LogP contribution in [0.3, 0.4) is 0 Å². The third-order valence-corrected chi connectivity index (χ3v) is 2.51. The van der Waals surface area contributed by atoms with Gasteiger partial charge in [0.15, 0.2) is 0 Å². The second-order valence-electron chi connectivity index (χ2n) is 4.03. The van der Waals surface area contributed by atoms with Crippen molar-refractivity contribution in [2.75, 3.05) is 33.4 Å². The molecule has 0 spiro atoms. The van der Waals surface area contributed by atoms with Gasteiger partial charge in [0.05, 0.1) is 19.3 Å². The molecule has 0 bridgehead atoms. The SMILES string of the molecule is CCNCC(COC)OC/C=C/c1ccccc1. The Morgan fingerprint density at radius 1 is 1.28 bits per heavy atom. The Bertz CT molecular complexity index is 325. The second-order valence-corrected chi connectivity index (χ2v) is 4.03. The molecule has 100 valence electrons. The van der Waals surface area contributed by atoms with Crippen LogP contribution < -0.4 is 5.32 Å². The van der Waals surface area contributed by atoms with Gasteiger partial charge in [-0.15, -0.1) is 0 Å². The van der Waals surface area contributed by atoms with Gasteiger partial charge in [0, 0.05) is 13.7 Å². The van der Waals surface area contributed by atoms with E-state index in [0.29, 0.717) is 13.2 Å². The monoisotopic (exact) mass is 249 g/mol. The summed E-state index contributed by atoms with van der Waals surface area (Å²) < 4.78 is 10.9. The predicted molar refractivity (Wildman–Crippen MR) is 75.6 cm³/mol. The Hall–Kier alpha value is -1.16. The number of hydrogen-bond donors (Lipinski definition) is 1. The highest BCUT2D eigenvalue weighted by atomic mass is 16.5. The quantitative estimate of drug-likeness (QED) is 0.728. The maximum absolute atomic E-state index is 5.73. The molecule has 1 aromatic carbocycles. The lowest BCUT2D eigenvalue weighted by molar-refractivity contribution is 0.0125. The Labute approximate surface area is 110 Å². The van der Waals surface area contributed by atoms with Gasteiger partial charge in [0.2, 0.25) is 0 Å². The van der Waals surface area contributed by atoms with Crippen molar-refractivity contribution in [3.8, 4) is 0 Å². The third-order valence-electron chi connectivity index (χ3n) is 2.51. The predicted octanol–water partition coefficient (Wildman–Crippen LogP) is 2.34. The molecule has 1 unspecified atom stereocenters. The smallest absolute Gasteiger partial charge is 0.0936 e. The molecule has 0 aliphatic rings. The molecule has 0 saturated carbocycles. The molecule has 3 heteroatoms. The highest BCUT2D eigenvalue weighted by molar-refractivity contribution is 5.48. The van der Waals surface area contributed by atoms with Crippen molar-refractivity contribution < 1.29 is 9.47 Å². The first-order valence-corrected chi connectivity index (χ1v) is 6.39. The highest BCUT2D eigenvalue weighted by Gasteiger charge is 2.06. The number of hydrogen-bond acceptors (Lipinski definition) is 3. The van der Waals surface area contributed by atoms with Crippen molar-refractivity contribution in [3.05, 3.63) is 42.0 Å². The van der Waals surface area contributed by atoms with Gasteiger partial charge in [-0.1, -0.05) is 49.4 Å². The number of ether oxygens (including phenoxy) is 2.